The summed E-state index contributed by atoms with van der Waals surface area (Å²) >= 11 is 1.17. The summed E-state index contributed by atoms with van der Waals surface area (Å²) in [5, 5.41) is 0. The third-order valence-electron chi connectivity index (χ3n) is 2.83. The molecule has 0 amide bonds. The van der Waals surface area contributed by atoms with Crippen LogP contribution in [0.25, 0.3) is 16.0 Å². The zero-order valence-electron chi connectivity index (χ0n) is 11.2. The Morgan fingerprint density at radius 1 is 1.14 bits per heavy atom. The molecule has 1 heterocycles. The molecule has 0 N–H and O–H groups in total. The Kier molecular flexibility index (Phi) is 4.47. The topological polar surface area (TPSA) is 26.3 Å². The summed E-state index contributed by atoms with van der Waals surface area (Å²) in [6.45, 7) is 1.70. The van der Waals surface area contributed by atoms with Crippen molar-refractivity contribution in [1.29, 1.82) is 0 Å². The number of ether oxygens (including phenoxy) is 1. The van der Waals surface area contributed by atoms with Gasteiger partial charge in [0.25, 0.3) is 0 Å². The lowest BCUT2D eigenvalue weighted by Crippen LogP contribution is -1.94. The van der Waals surface area contributed by atoms with E-state index in [0.29, 0.717) is 15.3 Å². The second-order valence-electron chi connectivity index (χ2n) is 4.24. The minimum atomic E-state index is -1.50. The number of hydrogen-bond donors (Lipinski definition) is 0. The lowest BCUT2D eigenvalue weighted by molar-refractivity contribution is -0.134. The van der Waals surface area contributed by atoms with Crippen molar-refractivity contribution >= 4 is 22.9 Å². The molecule has 0 saturated carbocycles. The third-order valence-corrected chi connectivity index (χ3v) is 4.08. The smallest absolute Gasteiger partial charge is 0.330 e. The van der Waals surface area contributed by atoms with Crippen LogP contribution in [-0.4, -0.2) is 13.1 Å². The van der Waals surface area contributed by atoms with Crippen LogP contribution in [0.15, 0.2) is 30.3 Å². The molecule has 0 aliphatic rings. The van der Waals surface area contributed by atoms with Crippen LogP contribution in [0.2, 0.25) is 0 Å². The summed E-state index contributed by atoms with van der Waals surface area (Å²) in [4.78, 5) is 12.3. The first-order valence-corrected chi connectivity index (χ1v) is 6.76. The first kappa shape index (κ1) is 15.3. The minimum Gasteiger partial charge on any atom is -0.466 e. The van der Waals surface area contributed by atoms with Crippen LogP contribution in [0, 0.1) is 17.5 Å². The highest BCUT2D eigenvalue weighted by Gasteiger charge is 2.16. The number of allylic oxidation sites excluding steroid dienone is 1. The Hall–Kier alpha value is -2.08. The van der Waals surface area contributed by atoms with Crippen molar-refractivity contribution in [3.05, 3.63) is 52.7 Å². The molecule has 0 radical (unpaired) electrons. The van der Waals surface area contributed by atoms with E-state index in [1.54, 1.807) is 19.1 Å². The molecule has 0 unspecified atom stereocenters. The van der Waals surface area contributed by atoms with Crippen LogP contribution in [0.1, 0.15) is 11.8 Å². The van der Waals surface area contributed by atoms with E-state index in [0.717, 1.165) is 6.07 Å². The average molecular weight is 312 g/mol. The van der Waals surface area contributed by atoms with Crippen molar-refractivity contribution in [2.24, 2.45) is 0 Å². The molecule has 21 heavy (non-hydrogen) atoms. The molecule has 0 saturated heterocycles. The molecule has 1 aromatic heterocycles. The monoisotopic (exact) mass is 312 g/mol. The predicted octanol–water partition coefficient (Wildman–Crippen LogP) is 4.41. The first-order valence-electron chi connectivity index (χ1n) is 5.94. The maximum Gasteiger partial charge on any atom is 0.330 e. The molecule has 0 bridgehead atoms. The van der Waals surface area contributed by atoms with Gasteiger partial charge in [-0.1, -0.05) is 0 Å². The lowest BCUT2D eigenvalue weighted by atomic mass is 10.1. The van der Waals surface area contributed by atoms with E-state index < -0.39 is 23.4 Å². The third kappa shape index (κ3) is 3.16. The van der Waals surface area contributed by atoms with Crippen molar-refractivity contribution in [2.75, 3.05) is 7.11 Å². The molecule has 110 valence electrons. The van der Waals surface area contributed by atoms with Crippen molar-refractivity contribution in [3.63, 3.8) is 0 Å². The number of carbonyl (C=O) groups excluding carboxylic acids is 1. The van der Waals surface area contributed by atoms with Gasteiger partial charge >= 0.3 is 5.97 Å². The van der Waals surface area contributed by atoms with Gasteiger partial charge in [-0.15, -0.1) is 11.3 Å². The van der Waals surface area contributed by atoms with Crippen molar-refractivity contribution in [3.8, 4) is 10.4 Å². The molecular formula is C15H11F3O2S. The SMILES string of the molecule is COC(=O)/C=C(\C)c1ccc(-c2ccc(F)c(F)c2F)s1. The molecule has 0 spiro atoms. The van der Waals surface area contributed by atoms with Crippen LogP contribution in [0.5, 0.6) is 0 Å². The van der Waals surface area contributed by atoms with Gasteiger partial charge < -0.3 is 4.74 Å². The Morgan fingerprint density at radius 2 is 1.86 bits per heavy atom. The molecule has 1 aromatic carbocycles. The van der Waals surface area contributed by atoms with E-state index in [1.165, 1.54) is 30.6 Å². The molecule has 0 fully saturated rings. The summed E-state index contributed by atoms with van der Waals surface area (Å²) in [7, 11) is 1.27. The standard InChI is InChI=1S/C15H11F3O2S/c1-8(7-13(19)20-2)11-5-6-12(21-11)9-3-4-10(16)15(18)14(9)17/h3-7H,1-2H3/b8-7+. The van der Waals surface area contributed by atoms with Gasteiger partial charge in [0.1, 0.15) is 0 Å². The molecular weight excluding hydrogens is 301 g/mol. The molecule has 0 aliphatic heterocycles. The number of methoxy groups -OCH3 is 1. The van der Waals surface area contributed by atoms with Crippen molar-refractivity contribution in [1.82, 2.24) is 0 Å². The molecule has 2 nitrogen and oxygen atoms in total. The van der Waals surface area contributed by atoms with Gasteiger partial charge in [-0.25, -0.2) is 18.0 Å². The highest BCUT2D eigenvalue weighted by atomic mass is 32.1. The number of carbonyl (C=O) groups is 1. The maximum absolute atomic E-state index is 13.7. The maximum atomic E-state index is 13.7. The van der Waals surface area contributed by atoms with Gasteiger partial charge in [0.05, 0.1) is 7.11 Å². The summed E-state index contributed by atoms with van der Waals surface area (Å²) < 4.78 is 44.4. The second-order valence-corrected chi connectivity index (χ2v) is 5.32. The van der Waals surface area contributed by atoms with Crippen LogP contribution in [0.3, 0.4) is 0 Å². The number of rotatable bonds is 3. The first-order chi connectivity index (χ1) is 9.93. The van der Waals surface area contributed by atoms with Crippen LogP contribution >= 0.6 is 11.3 Å². The Bertz CT molecular complexity index is 720. The number of thiophene rings is 1. The van der Waals surface area contributed by atoms with E-state index in [2.05, 4.69) is 4.74 Å². The highest BCUT2D eigenvalue weighted by molar-refractivity contribution is 7.16. The van der Waals surface area contributed by atoms with E-state index >= 15 is 0 Å². The Labute approximate surface area is 123 Å². The van der Waals surface area contributed by atoms with Gasteiger partial charge in [-0.2, -0.15) is 0 Å². The second kappa shape index (κ2) is 6.13. The normalized spacial score (nSPS) is 11.6. The van der Waals surface area contributed by atoms with Gasteiger partial charge in [-0.05, 0) is 36.8 Å². The molecule has 0 atom stereocenters. The van der Waals surface area contributed by atoms with E-state index in [1.807, 2.05) is 0 Å². The summed E-state index contributed by atoms with van der Waals surface area (Å²) in [5.74, 6) is -4.45. The molecule has 2 rings (SSSR count). The summed E-state index contributed by atoms with van der Waals surface area (Å²) in [6, 6.07) is 5.33. The van der Waals surface area contributed by atoms with Gasteiger partial charge in [-0.3, -0.25) is 0 Å². The minimum absolute atomic E-state index is 0.0176. The molecule has 2 aromatic rings. The van der Waals surface area contributed by atoms with Gasteiger partial charge in [0.15, 0.2) is 17.5 Å². The zero-order chi connectivity index (χ0) is 15.6. The van der Waals surface area contributed by atoms with E-state index in [-0.39, 0.29) is 5.56 Å². The number of benzene rings is 1. The van der Waals surface area contributed by atoms with Gasteiger partial charge in [0.2, 0.25) is 0 Å². The Morgan fingerprint density at radius 3 is 2.52 bits per heavy atom. The summed E-state index contributed by atoms with van der Waals surface area (Å²) in [5.41, 5.74) is 0.622. The highest BCUT2D eigenvalue weighted by Crippen LogP contribution is 2.34. The fourth-order valence-corrected chi connectivity index (χ4v) is 2.71. The molecule has 0 aliphatic carbocycles. The number of hydrogen-bond acceptors (Lipinski definition) is 3. The van der Waals surface area contributed by atoms with E-state index in [4.69, 9.17) is 0 Å². The zero-order valence-corrected chi connectivity index (χ0v) is 12.1. The lowest BCUT2D eigenvalue weighted by Gasteiger charge is -2.02. The van der Waals surface area contributed by atoms with Crippen molar-refractivity contribution < 1.29 is 22.7 Å². The van der Waals surface area contributed by atoms with Crippen LogP contribution in [0.4, 0.5) is 13.2 Å². The molecule has 6 heteroatoms. The summed E-state index contributed by atoms with van der Waals surface area (Å²) in [6.07, 6.45) is 1.30. The predicted molar refractivity (Wildman–Crippen MR) is 75.3 cm³/mol. The van der Waals surface area contributed by atoms with Crippen LogP contribution in [-0.2, 0) is 9.53 Å². The van der Waals surface area contributed by atoms with Crippen LogP contribution < -0.4 is 0 Å². The Balaban J connectivity index is 2.39. The van der Waals surface area contributed by atoms with E-state index in [9.17, 15) is 18.0 Å². The number of esters is 1. The number of halogens is 3. The van der Waals surface area contributed by atoms with Crippen molar-refractivity contribution in [2.45, 2.75) is 6.92 Å². The van der Waals surface area contributed by atoms with Gasteiger partial charge in [0, 0.05) is 21.4 Å². The largest absolute Gasteiger partial charge is 0.466 e. The fraction of sp³-hybridized carbons (Fsp3) is 0.133. The fourth-order valence-electron chi connectivity index (χ4n) is 1.72. The average Bonchev–Trinajstić information content (AvgIpc) is 2.94. The quantitative estimate of drug-likeness (QED) is 0.477.